The molecule has 2 heterocycles. The van der Waals surface area contributed by atoms with Crippen LogP contribution < -0.4 is 10.6 Å². The number of aromatic nitrogens is 2. The summed E-state index contributed by atoms with van der Waals surface area (Å²) in [5, 5.41) is 8.35. The lowest BCUT2D eigenvalue weighted by Crippen LogP contribution is -2.25. The predicted molar refractivity (Wildman–Crippen MR) is 101 cm³/mol. The fourth-order valence-electron chi connectivity index (χ4n) is 2.78. The van der Waals surface area contributed by atoms with Crippen LogP contribution in [0.15, 0.2) is 36.5 Å². The largest absolute Gasteiger partial charge is 0.361 e. The highest BCUT2D eigenvalue weighted by Crippen LogP contribution is 2.27. The van der Waals surface area contributed by atoms with Crippen molar-refractivity contribution in [3.63, 3.8) is 0 Å². The van der Waals surface area contributed by atoms with Gasteiger partial charge in [0, 0.05) is 22.5 Å². The maximum Gasteiger partial charge on any atom is 0.252 e. The van der Waals surface area contributed by atoms with Gasteiger partial charge in [0.15, 0.2) is 0 Å². The molecule has 0 bridgehead atoms. The van der Waals surface area contributed by atoms with Crippen molar-refractivity contribution in [1.82, 2.24) is 15.3 Å². The normalized spacial score (nSPS) is 15.1. The van der Waals surface area contributed by atoms with E-state index in [4.69, 9.17) is 0 Å². The first-order valence-electron chi connectivity index (χ1n) is 8.49. The second-order valence-corrected chi connectivity index (χ2v) is 7.76. The first-order chi connectivity index (χ1) is 12.1. The molecule has 1 aliphatic carbocycles. The van der Waals surface area contributed by atoms with E-state index in [1.807, 2.05) is 43.5 Å². The van der Waals surface area contributed by atoms with Crippen molar-refractivity contribution in [1.29, 1.82) is 0 Å². The number of para-hydroxylation sites is 1. The van der Waals surface area contributed by atoms with Gasteiger partial charge in [0.05, 0.1) is 17.1 Å². The zero-order valence-corrected chi connectivity index (χ0v) is 15.1. The maximum atomic E-state index is 12.6. The summed E-state index contributed by atoms with van der Waals surface area (Å²) in [6.07, 6.45) is 4.01. The number of hydrogen-bond donors (Lipinski definition) is 2. The molecular weight excluding hydrogens is 332 g/mol. The van der Waals surface area contributed by atoms with Gasteiger partial charge in [-0.2, -0.15) is 0 Å². The van der Waals surface area contributed by atoms with E-state index >= 15 is 0 Å². The monoisotopic (exact) mass is 352 g/mol. The van der Waals surface area contributed by atoms with Gasteiger partial charge in [-0.1, -0.05) is 18.2 Å². The number of amides is 1. The van der Waals surface area contributed by atoms with Crippen molar-refractivity contribution in [3.05, 3.63) is 52.0 Å². The molecule has 0 radical (unpaired) electrons. The van der Waals surface area contributed by atoms with Crippen molar-refractivity contribution in [2.75, 3.05) is 5.32 Å². The first kappa shape index (κ1) is 16.0. The van der Waals surface area contributed by atoms with Gasteiger partial charge < -0.3 is 10.6 Å². The predicted octanol–water partition coefficient (Wildman–Crippen LogP) is 4.07. The third kappa shape index (κ3) is 3.49. The van der Waals surface area contributed by atoms with E-state index < -0.39 is 0 Å². The molecule has 5 nitrogen and oxygen atoms in total. The number of anilines is 1. The fraction of sp³-hybridized carbons (Fsp3) is 0.316. The van der Waals surface area contributed by atoms with Gasteiger partial charge in [0.25, 0.3) is 5.91 Å². The smallest absolute Gasteiger partial charge is 0.252 e. The summed E-state index contributed by atoms with van der Waals surface area (Å²) < 4.78 is 0. The van der Waals surface area contributed by atoms with E-state index in [1.165, 1.54) is 4.88 Å². The quantitative estimate of drug-likeness (QED) is 0.726. The molecule has 1 amide bonds. The van der Waals surface area contributed by atoms with E-state index in [0.717, 1.165) is 28.8 Å². The molecule has 2 N–H and O–H groups in total. The van der Waals surface area contributed by atoms with E-state index in [2.05, 4.69) is 27.5 Å². The number of carbonyl (C=O) groups excluding carboxylic acids is 1. The van der Waals surface area contributed by atoms with Gasteiger partial charge in [-0.15, -0.1) is 11.3 Å². The van der Waals surface area contributed by atoms with Gasteiger partial charge in [-0.3, -0.25) is 4.79 Å². The Balaban J connectivity index is 1.67. The number of fused-ring (bicyclic) bond motifs is 1. The lowest BCUT2D eigenvalue weighted by atomic mass is 10.1. The van der Waals surface area contributed by atoms with Gasteiger partial charge in [-0.05, 0) is 38.8 Å². The van der Waals surface area contributed by atoms with Crippen LogP contribution in [0.3, 0.4) is 0 Å². The Morgan fingerprint density at radius 2 is 2.12 bits per heavy atom. The standard InChI is InChI=1S/C19H20N4OS/c1-11-10-20-19(25-11)12(2)21-17-9-15(18(24)22-13-7-8-13)14-5-3-4-6-16(14)23-17/h3-6,9-10,12-13H,7-8H2,1-2H3,(H,21,23)(H,22,24). The molecule has 0 saturated heterocycles. The van der Waals surface area contributed by atoms with Crippen molar-refractivity contribution < 1.29 is 4.79 Å². The Labute approximate surface area is 150 Å². The highest BCUT2D eigenvalue weighted by molar-refractivity contribution is 7.11. The highest BCUT2D eigenvalue weighted by Gasteiger charge is 2.25. The summed E-state index contributed by atoms with van der Waals surface area (Å²) in [6.45, 7) is 4.10. The number of hydrogen-bond acceptors (Lipinski definition) is 5. The molecule has 2 aromatic heterocycles. The number of nitrogens with one attached hydrogen (secondary N) is 2. The van der Waals surface area contributed by atoms with Crippen LogP contribution in [0.4, 0.5) is 5.82 Å². The van der Waals surface area contributed by atoms with E-state index in [9.17, 15) is 4.79 Å². The fourth-order valence-corrected chi connectivity index (χ4v) is 3.56. The Morgan fingerprint density at radius 1 is 1.32 bits per heavy atom. The van der Waals surface area contributed by atoms with Crippen LogP contribution in [-0.2, 0) is 0 Å². The van der Waals surface area contributed by atoms with Crippen LogP contribution in [0, 0.1) is 6.92 Å². The molecule has 4 rings (SSSR count). The SMILES string of the molecule is Cc1cnc(C(C)Nc2cc(C(=O)NC3CC3)c3ccccc3n2)s1. The molecule has 0 aliphatic heterocycles. The second kappa shape index (κ2) is 6.44. The third-order valence-electron chi connectivity index (χ3n) is 4.25. The summed E-state index contributed by atoms with van der Waals surface area (Å²) in [5.41, 5.74) is 1.48. The molecule has 1 aliphatic rings. The zero-order chi connectivity index (χ0) is 17.4. The summed E-state index contributed by atoms with van der Waals surface area (Å²) >= 11 is 1.67. The topological polar surface area (TPSA) is 66.9 Å². The van der Waals surface area contributed by atoms with Crippen molar-refractivity contribution in [3.8, 4) is 0 Å². The van der Waals surface area contributed by atoms with Crippen LogP contribution in [0.1, 0.15) is 46.0 Å². The lowest BCUT2D eigenvalue weighted by molar-refractivity contribution is 0.0952. The van der Waals surface area contributed by atoms with E-state index in [0.29, 0.717) is 17.4 Å². The Hall–Kier alpha value is -2.47. The van der Waals surface area contributed by atoms with E-state index in [1.54, 1.807) is 11.3 Å². The van der Waals surface area contributed by atoms with Crippen molar-refractivity contribution >= 4 is 34.0 Å². The number of pyridine rings is 1. The number of carbonyl (C=O) groups is 1. The average molecular weight is 352 g/mol. The Bertz CT molecular complexity index is 932. The second-order valence-electron chi connectivity index (χ2n) is 6.50. The summed E-state index contributed by atoms with van der Waals surface area (Å²) in [7, 11) is 0. The number of thiazole rings is 1. The van der Waals surface area contributed by atoms with Crippen molar-refractivity contribution in [2.24, 2.45) is 0 Å². The summed E-state index contributed by atoms with van der Waals surface area (Å²) in [6, 6.07) is 9.96. The Kier molecular flexibility index (Phi) is 4.13. The van der Waals surface area contributed by atoms with Crippen LogP contribution in [0.5, 0.6) is 0 Å². The lowest BCUT2D eigenvalue weighted by Gasteiger charge is -2.15. The maximum absolute atomic E-state index is 12.6. The minimum absolute atomic E-state index is 0.0260. The molecule has 1 aromatic carbocycles. The minimum atomic E-state index is -0.0260. The molecule has 1 fully saturated rings. The molecular formula is C19H20N4OS. The Morgan fingerprint density at radius 3 is 2.84 bits per heavy atom. The zero-order valence-electron chi connectivity index (χ0n) is 14.2. The third-order valence-corrected chi connectivity index (χ3v) is 5.34. The molecule has 1 saturated carbocycles. The molecule has 128 valence electrons. The van der Waals surface area contributed by atoms with Crippen LogP contribution >= 0.6 is 11.3 Å². The number of aryl methyl sites for hydroxylation is 1. The highest BCUT2D eigenvalue weighted by atomic mass is 32.1. The van der Waals surface area contributed by atoms with Gasteiger partial charge in [0.2, 0.25) is 0 Å². The molecule has 0 spiro atoms. The average Bonchev–Trinajstić information content (AvgIpc) is 3.31. The van der Waals surface area contributed by atoms with Gasteiger partial charge >= 0.3 is 0 Å². The van der Waals surface area contributed by atoms with E-state index in [-0.39, 0.29) is 11.9 Å². The molecule has 1 unspecified atom stereocenters. The summed E-state index contributed by atoms with van der Waals surface area (Å²) in [5.74, 6) is 0.668. The van der Waals surface area contributed by atoms with Crippen LogP contribution in [0.25, 0.3) is 10.9 Å². The minimum Gasteiger partial charge on any atom is -0.361 e. The van der Waals surface area contributed by atoms with Crippen molar-refractivity contribution in [2.45, 2.75) is 38.8 Å². The first-order valence-corrected chi connectivity index (χ1v) is 9.31. The molecule has 25 heavy (non-hydrogen) atoms. The number of nitrogens with zero attached hydrogens (tertiary/aromatic N) is 2. The summed E-state index contributed by atoms with van der Waals surface area (Å²) in [4.78, 5) is 22.9. The molecule has 1 atom stereocenters. The van der Waals surface area contributed by atoms with Crippen LogP contribution in [0.2, 0.25) is 0 Å². The number of benzene rings is 1. The number of rotatable bonds is 5. The molecule has 6 heteroatoms. The van der Waals surface area contributed by atoms with Gasteiger partial charge in [0.1, 0.15) is 10.8 Å². The van der Waals surface area contributed by atoms with Gasteiger partial charge in [-0.25, -0.2) is 9.97 Å². The van der Waals surface area contributed by atoms with Crippen LogP contribution in [-0.4, -0.2) is 21.9 Å². The molecule has 3 aromatic rings.